The van der Waals surface area contributed by atoms with Crippen LogP contribution in [0.5, 0.6) is 0 Å². The minimum absolute atomic E-state index is 0.198. The van der Waals surface area contributed by atoms with E-state index in [1.54, 1.807) is 0 Å². The predicted molar refractivity (Wildman–Crippen MR) is 52.4 cm³/mol. The molecular weight excluding hydrogens is 276 g/mol. The normalized spacial score (nSPS) is 27.5. The van der Waals surface area contributed by atoms with Crippen LogP contribution in [0.25, 0.3) is 0 Å². The summed E-state index contributed by atoms with van der Waals surface area (Å²) < 4.78 is 1.24. The first-order valence-electron chi connectivity index (χ1n) is 2.84. The van der Waals surface area contributed by atoms with Crippen LogP contribution in [0, 0.1) is 0 Å². The average molecular weight is 278 g/mol. The van der Waals surface area contributed by atoms with Gasteiger partial charge in [-0.25, -0.2) is 20.0 Å². The second-order valence-corrected chi connectivity index (χ2v) is 3.41. The Morgan fingerprint density at radius 1 is 1.36 bits per heavy atom. The number of nitrogens with zero attached hydrogens (tertiary/aromatic N) is 4. The highest BCUT2D eigenvalue weighted by molar-refractivity contribution is 9.19. The molecule has 0 saturated heterocycles. The van der Waals surface area contributed by atoms with Gasteiger partial charge in [0.15, 0.2) is 10.9 Å². The van der Waals surface area contributed by atoms with Crippen LogP contribution in [0.2, 0.25) is 0 Å². The lowest BCUT2D eigenvalue weighted by atomic mass is 10.3. The van der Waals surface area contributed by atoms with E-state index >= 15 is 0 Å². The quantitative estimate of drug-likeness (QED) is 0.601. The molecule has 56 valence electrons. The van der Waals surface area contributed by atoms with Gasteiger partial charge >= 0.3 is 0 Å². The van der Waals surface area contributed by atoms with E-state index in [0.29, 0.717) is 9.37 Å². The molecule has 0 aliphatic carbocycles. The van der Waals surface area contributed by atoms with Crippen molar-refractivity contribution in [2.75, 3.05) is 0 Å². The van der Waals surface area contributed by atoms with Crippen molar-refractivity contribution in [3.8, 4) is 0 Å². The van der Waals surface area contributed by atoms with Crippen LogP contribution in [0.15, 0.2) is 20.0 Å². The summed E-state index contributed by atoms with van der Waals surface area (Å²) in [4.78, 5) is 16.1. The predicted octanol–water partition coefficient (Wildman–Crippen LogP) is 1.35. The van der Waals surface area contributed by atoms with E-state index < -0.39 is 0 Å². The number of hydrogen-bond acceptors (Lipinski definition) is 4. The van der Waals surface area contributed by atoms with Crippen molar-refractivity contribution in [2.45, 2.75) is 6.17 Å². The zero-order valence-corrected chi connectivity index (χ0v) is 8.37. The van der Waals surface area contributed by atoms with Crippen molar-refractivity contribution in [3.63, 3.8) is 0 Å². The largest absolute Gasteiger partial charge is 0.240 e. The smallest absolute Gasteiger partial charge is 0.195 e. The van der Waals surface area contributed by atoms with Gasteiger partial charge in [0.25, 0.3) is 0 Å². The van der Waals surface area contributed by atoms with Gasteiger partial charge in [-0.1, -0.05) is 0 Å². The molecule has 2 heterocycles. The Bertz CT molecular complexity index is 314. The van der Waals surface area contributed by atoms with Crippen molar-refractivity contribution in [1.29, 1.82) is 0 Å². The Morgan fingerprint density at radius 3 is 3.00 bits per heavy atom. The molecule has 2 aliphatic rings. The van der Waals surface area contributed by atoms with Crippen LogP contribution in [0.3, 0.4) is 0 Å². The fourth-order valence-corrected chi connectivity index (χ4v) is 1.90. The average Bonchev–Trinajstić information content (AvgIpc) is 2.34. The van der Waals surface area contributed by atoms with Crippen molar-refractivity contribution in [2.24, 2.45) is 20.0 Å². The maximum Gasteiger partial charge on any atom is 0.195 e. The molecule has 1 atom stereocenters. The zero-order chi connectivity index (χ0) is 7.84. The standard InChI is InChI=1S/C5H2Br2N4/c6-3-2-4(9-1-8-2)11-5(7)10-3/h1,4H. The zero-order valence-electron chi connectivity index (χ0n) is 5.20. The molecule has 2 aliphatic heterocycles. The molecule has 0 aromatic carbocycles. The maximum absolute atomic E-state index is 4.08. The summed E-state index contributed by atoms with van der Waals surface area (Å²) >= 11 is 6.43. The van der Waals surface area contributed by atoms with Crippen LogP contribution in [0.1, 0.15) is 0 Å². The van der Waals surface area contributed by atoms with Gasteiger partial charge < -0.3 is 0 Å². The number of rotatable bonds is 0. The Hall–Kier alpha value is -0.360. The first kappa shape index (κ1) is 7.30. The van der Waals surface area contributed by atoms with Gasteiger partial charge in [-0.3, -0.25) is 0 Å². The van der Waals surface area contributed by atoms with E-state index in [2.05, 4.69) is 51.8 Å². The highest BCUT2D eigenvalue weighted by Gasteiger charge is 2.24. The highest BCUT2D eigenvalue weighted by Crippen LogP contribution is 2.16. The third-order valence-corrected chi connectivity index (χ3v) is 2.25. The third-order valence-electron chi connectivity index (χ3n) is 1.28. The summed E-state index contributed by atoms with van der Waals surface area (Å²) in [5.74, 6) is 0. The summed E-state index contributed by atoms with van der Waals surface area (Å²) in [6, 6.07) is 0. The van der Waals surface area contributed by atoms with Gasteiger partial charge in [-0.05, 0) is 31.9 Å². The number of amidine groups is 1. The van der Waals surface area contributed by atoms with Crippen LogP contribution >= 0.6 is 31.9 Å². The van der Waals surface area contributed by atoms with Crippen molar-refractivity contribution in [1.82, 2.24) is 0 Å². The first-order chi connectivity index (χ1) is 5.27. The summed E-state index contributed by atoms with van der Waals surface area (Å²) in [6.07, 6.45) is 1.29. The van der Waals surface area contributed by atoms with E-state index in [1.165, 1.54) is 6.34 Å². The molecule has 0 amide bonds. The Morgan fingerprint density at radius 2 is 2.18 bits per heavy atom. The molecule has 0 aromatic heterocycles. The molecule has 0 radical (unpaired) electrons. The SMILES string of the molecule is BrC1=NC2N=CN=C2C(Br)=N1. The van der Waals surface area contributed by atoms with Crippen LogP contribution in [0.4, 0.5) is 0 Å². The second kappa shape index (κ2) is 2.60. The molecular formula is C5H2Br2N4. The molecule has 6 heteroatoms. The molecule has 2 rings (SSSR count). The van der Waals surface area contributed by atoms with Crippen LogP contribution in [-0.2, 0) is 0 Å². The van der Waals surface area contributed by atoms with Crippen LogP contribution in [-0.4, -0.2) is 27.6 Å². The van der Waals surface area contributed by atoms with E-state index in [9.17, 15) is 0 Å². The molecule has 0 saturated carbocycles. The summed E-state index contributed by atoms with van der Waals surface area (Å²) in [5, 5.41) is 0. The molecule has 11 heavy (non-hydrogen) atoms. The van der Waals surface area contributed by atoms with Crippen molar-refractivity contribution in [3.05, 3.63) is 0 Å². The number of halogens is 2. The van der Waals surface area contributed by atoms with Gasteiger partial charge in [-0.2, -0.15) is 0 Å². The summed E-state index contributed by atoms with van der Waals surface area (Å²) in [6.45, 7) is 0. The molecule has 0 N–H and O–H groups in total. The Kier molecular flexibility index (Phi) is 1.72. The van der Waals surface area contributed by atoms with E-state index in [-0.39, 0.29) is 6.17 Å². The number of fused-ring (bicyclic) bond motifs is 1. The lowest BCUT2D eigenvalue weighted by Gasteiger charge is -2.09. The van der Waals surface area contributed by atoms with Crippen LogP contribution < -0.4 is 0 Å². The minimum Gasteiger partial charge on any atom is -0.240 e. The molecule has 1 unspecified atom stereocenters. The van der Waals surface area contributed by atoms with Crippen molar-refractivity contribution < 1.29 is 0 Å². The summed E-state index contributed by atoms with van der Waals surface area (Å²) in [7, 11) is 0. The van der Waals surface area contributed by atoms with E-state index in [0.717, 1.165) is 5.71 Å². The molecule has 0 spiro atoms. The lowest BCUT2D eigenvalue weighted by molar-refractivity contribution is 0.953. The fourth-order valence-electron chi connectivity index (χ4n) is 0.818. The van der Waals surface area contributed by atoms with E-state index in [1.807, 2.05) is 0 Å². The summed E-state index contributed by atoms with van der Waals surface area (Å²) in [5.41, 5.74) is 0.771. The molecule has 0 fully saturated rings. The second-order valence-electron chi connectivity index (χ2n) is 1.95. The van der Waals surface area contributed by atoms with Gasteiger partial charge in [0, 0.05) is 0 Å². The topological polar surface area (TPSA) is 49.4 Å². The molecule has 4 nitrogen and oxygen atoms in total. The van der Waals surface area contributed by atoms with Gasteiger partial charge in [0.2, 0.25) is 0 Å². The van der Waals surface area contributed by atoms with Gasteiger partial charge in [0.1, 0.15) is 16.7 Å². The Labute approximate surface area is 79.5 Å². The first-order valence-corrected chi connectivity index (χ1v) is 4.43. The van der Waals surface area contributed by atoms with Gasteiger partial charge in [0.05, 0.1) is 0 Å². The number of hydrogen-bond donors (Lipinski definition) is 0. The monoisotopic (exact) mass is 276 g/mol. The molecule has 0 bridgehead atoms. The maximum atomic E-state index is 4.08. The lowest BCUT2D eigenvalue weighted by Crippen LogP contribution is -2.24. The van der Waals surface area contributed by atoms with Gasteiger partial charge in [-0.15, -0.1) is 0 Å². The Balaban J connectivity index is 2.45. The van der Waals surface area contributed by atoms with Crippen molar-refractivity contribution >= 4 is 53.3 Å². The third kappa shape index (κ3) is 1.20. The molecule has 0 aromatic rings. The van der Waals surface area contributed by atoms with E-state index in [4.69, 9.17) is 0 Å². The number of aliphatic imine (C=N–C) groups is 4. The fraction of sp³-hybridized carbons (Fsp3) is 0.200. The highest BCUT2D eigenvalue weighted by atomic mass is 79.9. The minimum atomic E-state index is -0.198.